The molecule has 29 heavy (non-hydrogen) atoms. The summed E-state index contributed by atoms with van der Waals surface area (Å²) in [5.41, 5.74) is 3.24. The van der Waals surface area contributed by atoms with E-state index < -0.39 is 0 Å². The molecule has 1 aliphatic rings. The number of nitrogens with one attached hydrogen (secondary N) is 3. The van der Waals surface area contributed by atoms with E-state index in [1.807, 2.05) is 36.4 Å². The lowest BCUT2D eigenvalue weighted by Gasteiger charge is -2.26. The van der Waals surface area contributed by atoms with E-state index in [-0.39, 0.29) is 41.1 Å². The molecule has 3 rings (SSSR count). The number of thioether (sulfide) groups is 1. The van der Waals surface area contributed by atoms with E-state index in [9.17, 15) is 4.79 Å². The molecule has 8 heteroatoms. The molecule has 2 atom stereocenters. The quantitative estimate of drug-likeness (QED) is 0.281. The number of fused-ring (bicyclic) bond motifs is 1. The van der Waals surface area contributed by atoms with Gasteiger partial charge < -0.3 is 16.0 Å². The van der Waals surface area contributed by atoms with Gasteiger partial charge in [0.05, 0.1) is 0 Å². The maximum absolute atomic E-state index is 12.0. The third-order valence-corrected chi connectivity index (χ3v) is 6.05. The fraction of sp³-hybridized carbons (Fsp3) is 0.333. The molecule has 1 heterocycles. The zero-order chi connectivity index (χ0) is 19.9. The van der Waals surface area contributed by atoms with Gasteiger partial charge in [-0.1, -0.05) is 41.9 Å². The number of nitrogens with zero attached hydrogens (tertiary/aromatic N) is 1. The Morgan fingerprint density at radius 3 is 2.79 bits per heavy atom. The second kappa shape index (κ2) is 11.7. The standard InChI is InChI=1S/C21H25ClN4OS.HI/c1-23-21(25-13-19(28-2)14-6-5-7-16(22)10-14)24-12-15-11-20(27)26-18-9-4-3-8-17(15)18;/h3-10,15,19H,11-13H2,1-2H3,(H,26,27)(H2,23,24,25);1H. The molecule has 0 radical (unpaired) electrons. The molecule has 3 N–H and O–H groups in total. The first-order chi connectivity index (χ1) is 13.6. The molecule has 0 aromatic heterocycles. The summed E-state index contributed by atoms with van der Waals surface area (Å²) in [5.74, 6) is 0.897. The summed E-state index contributed by atoms with van der Waals surface area (Å²) >= 11 is 7.89. The molecule has 0 aliphatic carbocycles. The number of carbonyl (C=O) groups is 1. The van der Waals surface area contributed by atoms with Crippen molar-refractivity contribution in [2.75, 3.05) is 31.7 Å². The summed E-state index contributed by atoms with van der Waals surface area (Å²) in [6.45, 7) is 1.37. The average Bonchev–Trinajstić information content (AvgIpc) is 2.70. The van der Waals surface area contributed by atoms with Gasteiger partial charge in [-0.15, -0.1) is 24.0 Å². The summed E-state index contributed by atoms with van der Waals surface area (Å²) in [6.07, 6.45) is 2.55. The molecule has 0 saturated carbocycles. The largest absolute Gasteiger partial charge is 0.356 e. The highest BCUT2D eigenvalue weighted by Gasteiger charge is 2.24. The molecule has 2 unspecified atom stereocenters. The van der Waals surface area contributed by atoms with Crippen LogP contribution in [0, 0.1) is 0 Å². The van der Waals surface area contributed by atoms with E-state index in [0.717, 1.165) is 28.8 Å². The number of aliphatic imine (C=N–C) groups is 1. The van der Waals surface area contributed by atoms with Crippen molar-refractivity contribution >= 4 is 64.9 Å². The Morgan fingerprint density at radius 1 is 1.28 bits per heavy atom. The van der Waals surface area contributed by atoms with Gasteiger partial charge >= 0.3 is 0 Å². The third kappa shape index (κ3) is 6.52. The Bertz CT molecular complexity index is 864. The average molecular weight is 545 g/mol. The number of rotatable bonds is 6. The van der Waals surface area contributed by atoms with E-state index in [1.165, 1.54) is 5.56 Å². The SMILES string of the molecule is CN=C(NCC1CC(=O)Nc2ccccc21)NCC(SC)c1cccc(Cl)c1.I. The molecule has 5 nitrogen and oxygen atoms in total. The number of hydrogen-bond acceptors (Lipinski definition) is 3. The second-order valence-corrected chi connectivity index (χ2v) is 8.13. The predicted octanol–water partition coefficient (Wildman–Crippen LogP) is 4.65. The molecule has 156 valence electrons. The molecule has 0 spiro atoms. The van der Waals surface area contributed by atoms with Crippen LogP contribution in [0.5, 0.6) is 0 Å². The summed E-state index contributed by atoms with van der Waals surface area (Å²) in [6, 6.07) is 15.9. The van der Waals surface area contributed by atoms with Gasteiger partial charge in [0.1, 0.15) is 0 Å². The van der Waals surface area contributed by atoms with Gasteiger partial charge in [-0.2, -0.15) is 11.8 Å². The Kier molecular flexibility index (Phi) is 9.58. The minimum Gasteiger partial charge on any atom is -0.356 e. The van der Waals surface area contributed by atoms with E-state index >= 15 is 0 Å². The normalized spacial score (nSPS) is 16.9. The number of halogens is 2. The fourth-order valence-electron chi connectivity index (χ4n) is 3.36. The third-order valence-electron chi connectivity index (χ3n) is 4.81. The molecule has 2 aromatic rings. The summed E-state index contributed by atoms with van der Waals surface area (Å²) in [5, 5.41) is 10.7. The fourth-order valence-corrected chi connectivity index (χ4v) is 4.23. The van der Waals surface area contributed by atoms with E-state index in [0.29, 0.717) is 13.0 Å². The van der Waals surface area contributed by atoms with Crippen LogP contribution in [0.1, 0.15) is 28.7 Å². The minimum atomic E-state index is 0. The van der Waals surface area contributed by atoms with Crippen LogP contribution in [-0.2, 0) is 4.79 Å². The first-order valence-electron chi connectivity index (χ1n) is 9.22. The highest BCUT2D eigenvalue weighted by atomic mass is 127. The van der Waals surface area contributed by atoms with Crippen molar-refractivity contribution in [1.82, 2.24) is 10.6 Å². The Hall–Kier alpha value is -1.45. The highest BCUT2D eigenvalue weighted by Crippen LogP contribution is 2.31. The zero-order valence-electron chi connectivity index (χ0n) is 16.4. The molecule has 0 bridgehead atoms. The van der Waals surface area contributed by atoms with Gasteiger partial charge in [0.2, 0.25) is 5.91 Å². The van der Waals surface area contributed by atoms with Crippen LogP contribution in [0.15, 0.2) is 53.5 Å². The van der Waals surface area contributed by atoms with E-state index in [1.54, 1.807) is 18.8 Å². The van der Waals surface area contributed by atoms with Crippen molar-refractivity contribution in [3.05, 3.63) is 64.7 Å². The Morgan fingerprint density at radius 2 is 2.07 bits per heavy atom. The second-order valence-electron chi connectivity index (χ2n) is 6.65. The summed E-state index contributed by atoms with van der Waals surface area (Å²) in [4.78, 5) is 16.3. The molecule has 0 saturated heterocycles. The van der Waals surface area contributed by atoms with Gasteiger partial charge in [-0.3, -0.25) is 9.79 Å². The lowest BCUT2D eigenvalue weighted by Crippen LogP contribution is -2.41. The van der Waals surface area contributed by atoms with Crippen molar-refractivity contribution in [1.29, 1.82) is 0 Å². The van der Waals surface area contributed by atoms with E-state index in [2.05, 4.69) is 39.3 Å². The summed E-state index contributed by atoms with van der Waals surface area (Å²) < 4.78 is 0. The topological polar surface area (TPSA) is 65.5 Å². The van der Waals surface area contributed by atoms with Crippen LogP contribution in [0.3, 0.4) is 0 Å². The van der Waals surface area contributed by atoms with Crippen LogP contribution in [-0.4, -0.2) is 38.3 Å². The van der Waals surface area contributed by atoms with Crippen LogP contribution >= 0.6 is 47.3 Å². The molecule has 2 aromatic carbocycles. The summed E-state index contributed by atoms with van der Waals surface area (Å²) in [7, 11) is 1.75. The van der Waals surface area contributed by atoms with Gasteiger partial charge in [0.15, 0.2) is 5.96 Å². The highest BCUT2D eigenvalue weighted by molar-refractivity contribution is 14.0. The van der Waals surface area contributed by atoms with Crippen molar-refractivity contribution in [3.8, 4) is 0 Å². The number of amides is 1. The van der Waals surface area contributed by atoms with Gasteiger partial charge in [0, 0.05) is 48.4 Å². The van der Waals surface area contributed by atoms with E-state index in [4.69, 9.17) is 11.6 Å². The van der Waals surface area contributed by atoms with Crippen LogP contribution in [0.25, 0.3) is 0 Å². The van der Waals surface area contributed by atoms with Crippen LogP contribution in [0.4, 0.5) is 5.69 Å². The van der Waals surface area contributed by atoms with Crippen LogP contribution < -0.4 is 16.0 Å². The Balaban J connectivity index is 0.00000300. The van der Waals surface area contributed by atoms with Crippen molar-refractivity contribution in [2.24, 2.45) is 4.99 Å². The number of para-hydroxylation sites is 1. The zero-order valence-corrected chi connectivity index (χ0v) is 20.3. The maximum atomic E-state index is 12.0. The number of guanidine groups is 1. The maximum Gasteiger partial charge on any atom is 0.225 e. The molecular weight excluding hydrogens is 519 g/mol. The first kappa shape index (κ1) is 23.8. The van der Waals surface area contributed by atoms with Crippen molar-refractivity contribution in [2.45, 2.75) is 17.6 Å². The Labute approximate surface area is 198 Å². The number of benzene rings is 2. The van der Waals surface area contributed by atoms with Crippen molar-refractivity contribution < 1.29 is 4.79 Å². The van der Waals surface area contributed by atoms with Crippen molar-refractivity contribution in [3.63, 3.8) is 0 Å². The van der Waals surface area contributed by atoms with Gasteiger partial charge in [0.25, 0.3) is 0 Å². The molecular formula is C21H26ClIN4OS. The molecule has 1 aliphatic heterocycles. The molecule has 1 amide bonds. The minimum absolute atomic E-state index is 0. The predicted molar refractivity (Wildman–Crippen MR) is 135 cm³/mol. The lowest BCUT2D eigenvalue weighted by molar-refractivity contribution is -0.116. The lowest BCUT2D eigenvalue weighted by atomic mass is 9.90. The first-order valence-corrected chi connectivity index (χ1v) is 10.9. The monoisotopic (exact) mass is 544 g/mol. The number of anilines is 1. The van der Waals surface area contributed by atoms with Gasteiger partial charge in [-0.25, -0.2) is 0 Å². The smallest absolute Gasteiger partial charge is 0.225 e. The van der Waals surface area contributed by atoms with Crippen LogP contribution in [0.2, 0.25) is 5.02 Å². The van der Waals surface area contributed by atoms with Gasteiger partial charge in [-0.05, 0) is 35.6 Å². The number of carbonyl (C=O) groups excluding carboxylic acids is 1. The number of hydrogen-bond donors (Lipinski definition) is 3. The molecule has 0 fully saturated rings.